The number of halogens is 1. The van der Waals surface area contributed by atoms with Crippen molar-refractivity contribution in [2.24, 2.45) is 0 Å². The molecule has 23 heavy (non-hydrogen) atoms. The molecule has 0 saturated heterocycles. The minimum Gasteiger partial charge on any atom is -0.495 e. The molecule has 0 aliphatic carbocycles. The Morgan fingerprint density at radius 1 is 1.13 bits per heavy atom. The fraction of sp³-hybridized carbons (Fsp3) is 0.176. The molecule has 2 rings (SSSR count). The fourth-order valence-corrected chi connectivity index (χ4v) is 2.16. The van der Waals surface area contributed by atoms with Crippen LogP contribution in [0.1, 0.15) is 15.9 Å². The first kappa shape index (κ1) is 16.8. The van der Waals surface area contributed by atoms with Crippen LogP contribution in [-0.4, -0.2) is 37.8 Å². The maximum Gasteiger partial charge on any atom is 0.255 e. The second-order valence-electron chi connectivity index (χ2n) is 5.12. The van der Waals surface area contributed by atoms with Gasteiger partial charge in [0.15, 0.2) is 0 Å². The molecule has 0 radical (unpaired) electrons. The summed E-state index contributed by atoms with van der Waals surface area (Å²) in [5, 5.41) is 11.2. The number of amides is 1. The lowest BCUT2D eigenvalue weighted by Gasteiger charge is -2.14. The molecule has 1 amide bonds. The van der Waals surface area contributed by atoms with Crippen LogP contribution in [0.4, 0.5) is 5.69 Å². The first-order valence-corrected chi connectivity index (χ1v) is 7.31. The van der Waals surface area contributed by atoms with Crippen molar-refractivity contribution in [3.05, 3.63) is 58.6 Å². The van der Waals surface area contributed by atoms with Crippen LogP contribution in [-0.2, 0) is 0 Å². The van der Waals surface area contributed by atoms with E-state index in [-0.39, 0.29) is 5.91 Å². The number of ether oxygens (including phenoxy) is 1. The third-order valence-corrected chi connectivity index (χ3v) is 3.51. The molecule has 0 aliphatic heterocycles. The van der Waals surface area contributed by atoms with Gasteiger partial charge < -0.3 is 15.0 Å². The number of amidine groups is 1. The summed E-state index contributed by atoms with van der Waals surface area (Å²) in [6.07, 6.45) is 0. The van der Waals surface area contributed by atoms with Crippen molar-refractivity contribution >= 4 is 29.0 Å². The molecule has 0 aromatic heterocycles. The Labute approximate surface area is 140 Å². The minimum absolute atomic E-state index is 0.256. The van der Waals surface area contributed by atoms with Crippen molar-refractivity contribution in [1.29, 1.82) is 5.41 Å². The van der Waals surface area contributed by atoms with E-state index < -0.39 is 0 Å². The van der Waals surface area contributed by atoms with Crippen LogP contribution >= 0.6 is 11.6 Å². The quantitative estimate of drug-likeness (QED) is 0.665. The molecule has 2 N–H and O–H groups in total. The molecule has 0 fully saturated rings. The van der Waals surface area contributed by atoms with Gasteiger partial charge >= 0.3 is 0 Å². The third-order valence-electron chi connectivity index (χ3n) is 3.28. The lowest BCUT2D eigenvalue weighted by Crippen LogP contribution is -2.21. The van der Waals surface area contributed by atoms with Crippen LogP contribution in [0.5, 0.6) is 5.75 Å². The molecular formula is C17H18ClN3O2. The number of anilines is 1. The number of benzene rings is 2. The number of hydrogen-bond acceptors (Lipinski definition) is 3. The predicted molar refractivity (Wildman–Crippen MR) is 92.9 cm³/mol. The van der Waals surface area contributed by atoms with Crippen molar-refractivity contribution in [2.45, 2.75) is 0 Å². The first-order chi connectivity index (χ1) is 10.9. The van der Waals surface area contributed by atoms with Gasteiger partial charge in [-0.2, -0.15) is 0 Å². The van der Waals surface area contributed by atoms with Crippen molar-refractivity contribution in [2.75, 3.05) is 26.5 Å². The zero-order valence-corrected chi connectivity index (χ0v) is 13.9. The van der Waals surface area contributed by atoms with Gasteiger partial charge in [0.2, 0.25) is 0 Å². The Morgan fingerprint density at radius 3 is 2.30 bits per heavy atom. The molecule has 0 aliphatic rings. The molecule has 120 valence electrons. The number of nitrogens with one attached hydrogen (secondary N) is 2. The lowest BCUT2D eigenvalue weighted by atomic mass is 10.1. The van der Waals surface area contributed by atoms with Crippen LogP contribution in [0.15, 0.2) is 42.5 Å². The SMILES string of the molecule is COc1cc(Cl)ccc1NC(=O)c1ccc(C(=N)N(C)C)cc1. The third kappa shape index (κ3) is 4.02. The zero-order valence-electron chi connectivity index (χ0n) is 13.2. The second-order valence-corrected chi connectivity index (χ2v) is 5.56. The van der Waals surface area contributed by atoms with E-state index >= 15 is 0 Å². The topological polar surface area (TPSA) is 65.4 Å². The Balaban J connectivity index is 2.17. The van der Waals surface area contributed by atoms with Gasteiger partial charge in [-0.3, -0.25) is 10.2 Å². The monoisotopic (exact) mass is 331 g/mol. The van der Waals surface area contributed by atoms with Gasteiger partial charge in [0.25, 0.3) is 5.91 Å². The molecule has 2 aromatic rings. The number of hydrogen-bond donors (Lipinski definition) is 2. The molecule has 5 nitrogen and oxygen atoms in total. The van der Waals surface area contributed by atoms with Gasteiger partial charge in [-0.1, -0.05) is 23.7 Å². The van der Waals surface area contributed by atoms with E-state index in [1.54, 1.807) is 61.5 Å². The average molecular weight is 332 g/mol. The largest absolute Gasteiger partial charge is 0.495 e. The molecule has 0 saturated carbocycles. The molecule has 0 spiro atoms. The summed E-state index contributed by atoms with van der Waals surface area (Å²) < 4.78 is 5.21. The summed E-state index contributed by atoms with van der Waals surface area (Å²) in [5.74, 6) is 0.627. The maximum absolute atomic E-state index is 12.3. The molecular weight excluding hydrogens is 314 g/mol. The first-order valence-electron chi connectivity index (χ1n) is 6.93. The van der Waals surface area contributed by atoms with E-state index in [1.165, 1.54) is 7.11 Å². The van der Waals surface area contributed by atoms with E-state index in [0.29, 0.717) is 27.9 Å². The van der Waals surface area contributed by atoms with Crippen LogP contribution in [0.2, 0.25) is 5.02 Å². The van der Waals surface area contributed by atoms with E-state index in [4.69, 9.17) is 21.7 Å². The van der Waals surface area contributed by atoms with E-state index in [1.807, 2.05) is 0 Å². The second kappa shape index (κ2) is 7.15. The summed E-state index contributed by atoms with van der Waals surface area (Å²) in [4.78, 5) is 14.0. The Morgan fingerprint density at radius 2 is 1.74 bits per heavy atom. The highest BCUT2D eigenvalue weighted by Gasteiger charge is 2.11. The van der Waals surface area contributed by atoms with Crippen molar-refractivity contribution in [3.8, 4) is 5.75 Å². The van der Waals surface area contributed by atoms with E-state index in [9.17, 15) is 4.79 Å². The zero-order chi connectivity index (χ0) is 17.0. The number of methoxy groups -OCH3 is 1. The van der Waals surface area contributed by atoms with Gasteiger partial charge in [0, 0.05) is 36.3 Å². The lowest BCUT2D eigenvalue weighted by molar-refractivity contribution is 0.102. The summed E-state index contributed by atoms with van der Waals surface area (Å²) in [6, 6.07) is 11.9. The number of carbonyl (C=O) groups is 1. The smallest absolute Gasteiger partial charge is 0.255 e. The van der Waals surface area contributed by atoms with Gasteiger partial charge in [-0.05, 0) is 24.3 Å². The molecule has 6 heteroatoms. The van der Waals surface area contributed by atoms with E-state index in [2.05, 4.69) is 5.32 Å². The number of carbonyl (C=O) groups excluding carboxylic acids is 1. The van der Waals surface area contributed by atoms with Crippen LogP contribution in [0.25, 0.3) is 0 Å². The Kier molecular flexibility index (Phi) is 5.24. The summed E-state index contributed by atoms with van der Waals surface area (Å²) in [7, 11) is 5.12. The minimum atomic E-state index is -0.256. The van der Waals surface area contributed by atoms with Gasteiger partial charge in [-0.25, -0.2) is 0 Å². The highest BCUT2D eigenvalue weighted by atomic mass is 35.5. The summed E-state index contributed by atoms with van der Waals surface area (Å²) in [5.41, 5.74) is 1.79. The van der Waals surface area contributed by atoms with Gasteiger partial charge in [0.05, 0.1) is 12.8 Å². The molecule has 0 atom stereocenters. The standard InChI is InChI=1S/C17H18ClN3O2/c1-21(2)16(19)11-4-6-12(7-5-11)17(22)20-14-9-8-13(18)10-15(14)23-3/h4-10,19H,1-3H3,(H,20,22). The molecule has 2 aromatic carbocycles. The average Bonchev–Trinajstić information content (AvgIpc) is 2.55. The summed E-state index contributed by atoms with van der Waals surface area (Å²) in [6.45, 7) is 0. The molecule has 0 heterocycles. The molecule has 0 unspecified atom stereocenters. The summed E-state index contributed by atoms with van der Waals surface area (Å²) >= 11 is 5.90. The van der Waals surface area contributed by atoms with Crippen molar-refractivity contribution in [3.63, 3.8) is 0 Å². The number of rotatable bonds is 4. The van der Waals surface area contributed by atoms with Gasteiger partial charge in [-0.15, -0.1) is 0 Å². The van der Waals surface area contributed by atoms with E-state index in [0.717, 1.165) is 5.56 Å². The van der Waals surface area contributed by atoms with Crippen molar-refractivity contribution in [1.82, 2.24) is 4.90 Å². The predicted octanol–water partition coefficient (Wildman–Crippen LogP) is 3.49. The van der Waals surface area contributed by atoms with Gasteiger partial charge in [0.1, 0.15) is 11.6 Å². The maximum atomic E-state index is 12.3. The Hall–Kier alpha value is -2.53. The van der Waals surface area contributed by atoms with Crippen LogP contribution < -0.4 is 10.1 Å². The fourth-order valence-electron chi connectivity index (χ4n) is 2.00. The Bertz CT molecular complexity index is 727. The van der Waals surface area contributed by atoms with Crippen LogP contribution in [0, 0.1) is 5.41 Å². The van der Waals surface area contributed by atoms with Crippen LogP contribution in [0.3, 0.4) is 0 Å². The number of nitrogens with zero attached hydrogens (tertiary/aromatic N) is 1. The normalized spacial score (nSPS) is 10.1. The highest BCUT2D eigenvalue weighted by molar-refractivity contribution is 6.30. The highest BCUT2D eigenvalue weighted by Crippen LogP contribution is 2.28. The molecule has 0 bridgehead atoms. The van der Waals surface area contributed by atoms with Crippen molar-refractivity contribution < 1.29 is 9.53 Å².